The molecule has 0 aromatic rings. The molecule has 0 aromatic carbocycles. The van der Waals surface area contributed by atoms with Gasteiger partial charge in [-0.2, -0.15) is 0 Å². The van der Waals surface area contributed by atoms with Gasteiger partial charge in [0.25, 0.3) is 0 Å². The van der Waals surface area contributed by atoms with Crippen molar-refractivity contribution in [1.29, 1.82) is 0 Å². The zero-order chi connectivity index (χ0) is 13.0. The average Bonchev–Trinajstić information content (AvgIpc) is 2.82. The molecule has 1 N–H and O–H groups in total. The third-order valence-electron chi connectivity index (χ3n) is 4.40. The first kappa shape index (κ1) is 13.8. The van der Waals surface area contributed by atoms with Gasteiger partial charge in [-0.3, -0.25) is 9.69 Å². The van der Waals surface area contributed by atoms with Crippen molar-refractivity contribution >= 4 is 5.97 Å². The number of carbonyl (C=O) groups is 1. The molecule has 2 aliphatic rings. The maximum absolute atomic E-state index is 11.2. The van der Waals surface area contributed by atoms with E-state index in [1.807, 2.05) is 0 Å². The van der Waals surface area contributed by atoms with E-state index in [1.54, 1.807) is 0 Å². The summed E-state index contributed by atoms with van der Waals surface area (Å²) in [7, 11) is 0. The minimum absolute atomic E-state index is 0.138. The molecule has 0 bridgehead atoms. The monoisotopic (exact) mass is 255 g/mol. The fourth-order valence-electron chi connectivity index (χ4n) is 3.54. The summed E-state index contributed by atoms with van der Waals surface area (Å²) in [6, 6.07) is 0. The molecule has 0 amide bonds. The first-order chi connectivity index (χ1) is 8.66. The average molecular weight is 255 g/mol. The molecule has 2 saturated heterocycles. The van der Waals surface area contributed by atoms with E-state index in [9.17, 15) is 9.90 Å². The molecule has 104 valence electrons. The molecule has 0 aliphatic carbocycles. The maximum atomic E-state index is 11.2. The molecule has 18 heavy (non-hydrogen) atoms. The summed E-state index contributed by atoms with van der Waals surface area (Å²) in [6.45, 7) is 5.00. The predicted molar refractivity (Wildman–Crippen MR) is 69.7 cm³/mol. The van der Waals surface area contributed by atoms with Gasteiger partial charge in [-0.15, -0.1) is 0 Å². The standard InChI is InChI=1S/C14H25NO3/c1-2-5-12-10-14(6-9-18-12,11-13(16)17)15-7-3-4-8-15/h12H,2-11H2,1H3,(H,16,17). The molecular formula is C14H25NO3. The smallest absolute Gasteiger partial charge is 0.305 e. The van der Waals surface area contributed by atoms with E-state index in [1.165, 1.54) is 12.8 Å². The van der Waals surface area contributed by atoms with Gasteiger partial charge in [0.05, 0.1) is 12.5 Å². The summed E-state index contributed by atoms with van der Waals surface area (Å²) in [5, 5.41) is 9.24. The van der Waals surface area contributed by atoms with Crippen molar-refractivity contribution in [2.24, 2.45) is 0 Å². The number of hydrogen-bond acceptors (Lipinski definition) is 3. The zero-order valence-electron chi connectivity index (χ0n) is 11.4. The van der Waals surface area contributed by atoms with Gasteiger partial charge in [0.15, 0.2) is 0 Å². The third kappa shape index (κ3) is 3.04. The van der Waals surface area contributed by atoms with E-state index in [4.69, 9.17) is 4.74 Å². The highest BCUT2D eigenvalue weighted by Crippen LogP contribution is 2.37. The van der Waals surface area contributed by atoms with Crippen LogP contribution in [0.5, 0.6) is 0 Å². The first-order valence-corrected chi connectivity index (χ1v) is 7.25. The molecule has 2 unspecified atom stereocenters. The van der Waals surface area contributed by atoms with Crippen LogP contribution >= 0.6 is 0 Å². The molecule has 4 heteroatoms. The highest BCUT2D eigenvalue weighted by atomic mass is 16.5. The Morgan fingerprint density at radius 2 is 2.17 bits per heavy atom. The number of rotatable bonds is 5. The van der Waals surface area contributed by atoms with Gasteiger partial charge in [0, 0.05) is 12.1 Å². The number of carboxylic acids is 1. The number of ether oxygens (including phenoxy) is 1. The van der Waals surface area contributed by atoms with Gasteiger partial charge in [-0.1, -0.05) is 13.3 Å². The molecule has 2 heterocycles. The third-order valence-corrected chi connectivity index (χ3v) is 4.40. The largest absolute Gasteiger partial charge is 0.481 e. The highest BCUT2D eigenvalue weighted by Gasteiger charge is 2.43. The van der Waals surface area contributed by atoms with Crippen molar-refractivity contribution in [2.75, 3.05) is 19.7 Å². The molecule has 0 saturated carbocycles. The lowest BCUT2D eigenvalue weighted by atomic mass is 9.81. The topological polar surface area (TPSA) is 49.8 Å². The van der Waals surface area contributed by atoms with Gasteiger partial charge in [0.2, 0.25) is 0 Å². The van der Waals surface area contributed by atoms with Crippen LogP contribution in [-0.4, -0.2) is 47.3 Å². The Balaban J connectivity index is 2.09. The van der Waals surface area contributed by atoms with E-state index in [0.29, 0.717) is 6.61 Å². The summed E-state index contributed by atoms with van der Waals surface area (Å²) in [4.78, 5) is 13.6. The van der Waals surface area contributed by atoms with Crippen molar-refractivity contribution < 1.29 is 14.6 Å². The van der Waals surface area contributed by atoms with Crippen molar-refractivity contribution in [3.63, 3.8) is 0 Å². The van der Waals surface area contributed by atoms with Crippen molar-refractivity contribution in [3.05, 3.63) is 0 Å². The molecule has 0 aromatic heterocycles. The second-order valence-electron chi connectivity index (χ2n) is 5.72. The van der Waals surface area contributed by atoms with Gasteiger partial charge in [0.1, 0.15) is 0 Å². The minimum atomic E-state index is -0.668. The Labute approximate surface area is 109 Å². The molecule has 0 spiro atoms. The van der Waals surface area contributed by atoms with Crippen molar-refractivity contribution in [3.8, 4) is 0 Å². The number of carboxylic acid groups (broad SMARTS) is 1. The van der Waals surface area contributed by atoms with Gasteiger partial charge in [-0.05, 0) is 45.2 Å². The lowest BCUT2D eigenvalue weighted by molar-refractivity contribution is -0.144. The number of nitrogens with zero attached hydrogens (tertiary/aromatic N) is 1. The molecular weight excluding hydrogens is 230 g/mol. The number of hydrogen-bond donors (Lipinski definition) is 1. The lowest BCUT2D eigenvalue weighted by Gasteiger charge is -2.46. The quantitative estimate of drug-likeness (QED) is 0.818. The summed E-state index contributed by atoms with van der Waals surface area (Å²) in [6.07, 6.45) is 6.87. The second-order valence-corrected chi connectivity index (χ2v) is 5.72. The molecule has 2 rings (SSSR count). The normalized spacial score (nSPS) is 33.7. The molecule has 4 nitrogen and oxygen atoms in total. The van der Waals surface area contributed by atoms with E-state index < -0.39 is 5.97 Å². The van der Waals surface area contributed by atoms with Crippen LogP contribution < -0.4 is 0 Å². The summed E-state index contributed by atoms with van der Waals surface area (Å²) < 4.78 is 5.80. The fourth-order valence-corrected chi connectivity index (χ4v) is 3.54. The lowest BCUT2D eigenvalue weighted by Crippen LogP contribution is -2.54. The highest BCUT2D eigenvalue weighted by molar-refractivity contribution is 5.68. The summed E-state index contributed by atoms with van der Waals surface area (Å²) in [5.41, 5.74) is -0.138. The Kier molecular flexibility index (Phi) is 4.62. The van der Waals surface area contributed by atoms with Crippen LogP contribution in [0.2, 0.25) is 0 Å². The van der Waals surface area contributed by atoms with E-state index in [0.717, 1.165) is 38.8 Å². The van der Waals surface area contributed by atoms with Crippen LogP contribution in [0.15, 0.2) is 0 Å². The second kappa shape index (κ2) is 6.02. The van der Waals surface area contributed by atoms with Crippen LogP contribution in [0.3, 0.4) is 0 Å². The molecule has 2 fully saturated rings. The van der Waals surface area contributed by atoms with Crippen LogP contribution in [0.25, 0.3) is 0 Å². The fraction of sp³-hybridized carbons (Fsp3) is 0.929. The van der Waals surface area contributed by atoms with Crippen LogP contribution in [0.1, 0.15) is 51.9 Å². The van der Waals surface area contributed by atoms with Crippen molar-refractivity contribution in [1.82, 2.24) is 4.90 Å². The molecule has 2 aliphatic heterocycles. The Bertz CT molecular complexity index is 287. The number of likely N-dealkylation sites (tertiary alicyclic amines) is 1. The van der Waals surface area contributed by atoms with Crippen LogP contribution in [-0.2, 0) is 9.53 Å². The summed E-state index contributed by atoms with van der Waals surface area (Å²) in [5.74, 6) is -0.668. The maximum Gasteiger partial charge on any atom is 0.305 e. The van der Waals surface area contributed by atoms with Gasteiger partial charge in [-0.25, -0.2) is 0 Å². The first-order valence-electron chi connectivity index (χ1n) is 7.25. The molecule has 0 radical (unpaired) electrons. The SMILES string of the molecule is CCCC1CC(CC(=O)O)(N2CCCC2)CCO1. The zero-order valence-corrected chi connectivity index (χ0v) is 11.4. The Morgan fingerprint density at radius 3 is 2.78 bits per heavy atom. The van der Waals surface area contributed by atoms with Gasteiger partial charge < -0.3 is 9.84 Å². The van der Waals surface area contributed by atoms with Crippen LogP contribution in [0, 0.1) is 0 Å². The van der Waals surface area contributed by atoms with E-state index in [2.05, 4.69) is 11.8 Å². The predicted octanol–water partition coefficient (Wildman–Crippen LogP) is 2.27. The van der Waals surface area contributed by atoms with Crippen LogP contribution in [0.4, 0.5) is 0 Å². The molecule has 2 atom stereocenters. The van der Waals surface area contributed by atoms with E-state index in [-0.39, 0.29) is 18.1 Å². The Hall–Kier alpha value is -0.610. The van der Waals surface area contributed by atoms with Gasteiger partial charge >= 0.3 is 5.97 Å². The minimum Gasteiger partial charge on any atom is -0.481 e. The summed E-state index contributed by atoms with van der Waals surface area (Å²) >= 11 is 0. The number of aliphatic carboxylic acids is 1. The van der Waals surface area contributed by atoms with Crippen molar-refractivity contribution in [2.45, 2.75) is 63.5 Å². The Morgan fingerprint density at radius 1 is 1.44 bits per heavy atom. The van der Waals surface area contributed by atoms with E-state index >= 15 is 0 Å².